The van der Waals surface area contributed by atoms with Crippen molar-refractivity contribution in [2.45, 2.75) is 18.6 Å². The molecule has 1 rings (SSSR count). The normalized spacial score (nSPS) is 34.2. The van der Waals surface area contributed by atoms with E-state index in [4.69, 9.17) is 14.2 Å². The van der Waals surface area contributed by atoms with Crippen molar-refractivity contribution in [3.63, 3.8) is 0 Å². The summed E-state index contributed by atoms with van der Waals surface area (Å²) in [6.45, 7) is 1.45. The van der Waals surface area contributed by atoms with E-state index in [0.717, 1.165) is 13.0 Å². The largest absolute Gasteiger partial charge is 0.379 e. The van der Waals surface area contributed by atoms with Crippen molar-refractivity contribution in [2.24, 2.45) is 0 Å². The van der Waals surface area contributed by atoms with E-state index in [1.807, 2.05) is 0 Å². The molecule has 0 saturated carbocycles. The van der Waals surface area contributed by atoms with E-state index < -0.39 is 0 Å². The van der Waals surface area contributed by atoms with Crippen LogP contribution in [-0.2, 0) is 14.2 Å². The molecule has 60 valence electrons. The van der Waals surface area contributed by atoms with Crippen LogP contribution in [0, 0.1) is 0 Å². The first-order valence-corrected chi connectivity index (χ1v) is 3.52. The zero-order valence-corrected chi connectivity index (χ0v) is 6.50. The van der Waals surface area contributed by atoms with E-state index in [-0.39, 0.29) is 12.2 Å². The fourth-order valence-electron chi connectivity index (χ4n) is 1.18. The summed E-state index contributed by atoms with van der Waals surface area (Å²) in [5, 5.41) is 0. The van der Waals surface area contributed by atoms with Crippen molar-refractivity contribution < 1.29 is 14.2 Å². The van der Waals surface area contributed by atoms with Crippen molar-refractivity contribution >= 4 is 0 Å². The summed E-state index contributed by atoms with van der Waals surface area (Å²) >= 11 is 0. The highest BCUT2D eigenvalue weighted by Crippen LogP contribution is 2.12. The van der Waals surface area contributed by atoms with Gasteiger partial charge in [0.25, 0.3) is 0 Å². The Morgan fingerprint density at radius 1 is 1.20 bits per heavy atom. The summed E-state index contributed by atoms with van der Waals surface area (Å²) in [5.41, 5.74) is 0. The Morgan fingerprint density at radius 3 is 2.40 bits per heavy atom. The molecule has 2 atom stereocenters. The standard InChI is InChI=1S/C7H14O3/c1-8-6-3-4-10-5-7(6)9-2/h6-7H,3-5H2,1-2H3/t6-,7+/m0/s1. The van der Waals surface area contributed by atoms with Crippen molar-refractivity contribution in [1.82, 2.24) is 0 Å². The molecular weight excluding hydrogens is 132 g/mol. The Labute approximate surface area is 61.3 Å². The van der Waals surface area contributed by atoms with Crippen molar-refractivity contribution in [2.75, 3.05) is 27.4 Å². The highest BCUT2D eigenvalue weighted by atomic mass is 16.6. The first-order chi connectivity index (χ1) is 4.88. The Hall–Kier alpha value is -0.120. The zero-order valence-electron chi connectivity index (χ0n) is 6.50. The van der Waals surface area contributed by atoms with Gasteiger partial charge in [-0.15, -0.1) is 0 Å². The van der Waals surface area contributed by atoms with Gasteiger partial charge in [-0.25, -0.2) is 0 Å². The Kier molecular flexibility index (Phi) is 3.12. The molecule has 3 heteroatoms. The molecule has 0 N–H and O–H groups in total. The minimum atomic E-state index is 0.124. The first-order valence-electron chi connectivity index (χ1n) is 3.52. The molecule has 0 spiro atoms. The molecule has 1 heterocycles. The van der Waals surface area contributed by atoms with Gasteiger partial charge in [-0.2, -0.15) is 0 Å². The third-order valence-corrected chi connectivity index (χ3v) is 1.85. The van der Waals surface area contributed by atoms with E-state index in [9.17, 15) is 0 Å². The first kappa shape index (κ1) is 7.98. The number of rotatable bonds is 2. The molecule has 1 aliphatic heterocycles. The molecule has 1 saturated heterocycles. The van der Waals surface area contributed by atoms with E-state index in [1.54, 1.807) is 14.2 Å². The van der Waals surface area contributed by atoms with Crippen molar-refractivity contribution in [3.8, 4) is 0 Å². The van der Waals surface area contributed by atoms with E-state index >= 15 is 0 Å². The molecule has 0 unspecified atom stereocenters. The van der Waals surface area contributed by atoms with Crippen molar-refractivity contribution in [1.29, 1.82) is 0 Å². The molecule has 0 aromatic rings. The van der Waals surface area contributed by atoms with Gasteiger partial charge in [0.1, 0.15) is 6.10 Å². The SMILES string of the molecule is CO[C@H]1CCOC[C@H]1OC. The highest BCUT2D eigenvalue weighted by molar-refractivity contribution is 4.73. The second-order valence-corrected chi connectivity index (χ2v) is 2.41. The summed E-state index contributed by atoms with van der Waals surface area (Å²) in [6.07, 6.45) is 1.28. The van der Waals surface area contributed by atoms with Crippen LogP contribution >= 0.6 is 0 Å². The average Bonchev–Trinajstić information content (AvgIpc) is 2.04. The molecule has 0 radical (unpaired) electrons. The van der Waals surface area contributed by atoms with Gasteiger partial charge in [-0.05, 0) is 6.42 Å². The third kappa shape index (κ3) is 1.68. The Balaban J connectivity index is 2.34. The van der Waals surface area contributed by atoms with Gasteiger partial charge in [-0.3, -0.25) is 0 Å². The highest BCUT2D eigenvalue weighted by Gasteiger charge is 2.24. The third-order valence-electron chi connectivity index (χ3n) is 1.85. The summed E-state index contributed by atoms with van der Waals surface area (Å²) in [6, 6.07) is 0. The summed E-state index contributed by atoms with van der Waals surface area (Å²) in [4.78, 5) is 0. The number of hydrogen-bond acceptors (Lipinski definition) is 3. The van der Waals surface area contributed by atoms with Gasteiger partial charge in [0, 0.05) is 20.8 Å². The maximum Gasteiger partial charge on any atom is 0.107 e. The lowest BCUT2D eigenvalue weighted by molar-refractivity contribution is -0.116. The van der Waals surface area contributed by atoms with Crippen LogP contribution in [0.5, 0.6) is 0 Å². The second kappa shape index (κ2) is 3.91. The van der Waals surface area contributed by atoms with Crippen LogP contribution in [0.1, 0.15) is 6.42 Å². The van der Waals surface area contributed by atoms with Crippen LogP contribution in [0.15, 0.2) is 0 Å². The van der Waals surface area contributed by atoms with E-state index in [0.29, 0.717) is 6.61 Å². The van der Waals surface area contributed by atoms with Crippen LogP contribution in [0.4, 0.5) is 0 Å². The molecule has 0 aromatic carbocycles. The molecule has 0 aliphatic carbocycles. The summed E-state index contributed by atoms with van der Waals surface area (Å²) < 4.78 is 15.5. The van der Waals surface area contributed by atoms with Gasteiger partial charge in [0.2, 0.25) is 0 Å². The van der Waals surface area contributed by atoms with Gasteiger partial charge in [-0.1, -0.05) is 0 Å². The van der Waals surface area contributed by atoms with Gasteiger partial charge < -0.3 is 14.2 Å². The molecular formula is C7H14O3. The lowest BCUT2D eigenvalue weighted by Gasteiger charge is -2.28. The smallest absolute Gasteiger partial charge is 0.107 e. The quantitative estimate of drug-likeness (QED) is 0.565. The molecule has 0 amide bonds. The maximum absolute atomic E-state index is 5.20. The lowest BCUT2D eigenvalue weighted by atomic mass is 10.1. The average molecular weight is 146 g/mol. The molecule has 1 aliphatic rings. The molecule has 10 heavy (non-hydrogen) atoms. The minimum Gasteiger partial charge on any atom is -0.379 e. The van der Waals surface area contributed by atoms with Crippen molar-refractivity contribution in [3.05, 3.63) is 0 Å². The molecule has 0 bridgehead atoms. The fourth-order valence-corrected chi connectivity index (χ4v) is 1.18. The lowest BCUT2D eigenvalue weighted by Crippen LogP contribution is -2.39. The Morgan fingerprint density at radius 2 is 1.90 bits per heavy atom. The van der Waals surface area contributed by atoms with E-state index in [1.165, 1.54) is 0 Å². The Bertz CT molecular complexity index is 82.9. The monoisotopic (exact) mass is 146 g/mol. The van der Waals surface area contributed by atoms with Crippen LogP contribution in [0.2, 0.25) is 0 Å². The van der Waals surface area contributed by atoms with Crippen LogP contribution in [0.3, 0.4) is 0 Å². The van der Waals surface area contributed by atoms with Gasteiger partial charge >= 0.3 is 0 Å². The zero-order chi connectivity index (χ0) is 7.40. The van der Waals surface area contributed by atoms with Crippen LogP contribution in [0.25, 0.3) is 0 Å². The topological polar surface area (TPSA) is 27.7 Å². The summed E-state index contributed by atoms with van der Waals surface area (Å²) in [7, 11) is 3.40. The maximum atomic E-state index is 5.20. The van der Waals surface area contributed by atoms with E-state index in [2.05, 4.69) is 0 Å². The molecule has 0 aromatic heterocycles. The second-order valence-electron chi connectivity index (χ2n) is 2.41. The van der Waals surface area contributed by atoms with Gasteiger partial charge in [0.15, 0.2) is 0 Å². The summed E-state index contributed by atoms with van der Waals surface area (Å²) in [5.74, 6) is 0. The molecule has 1 fully saturated rings. The fraction of sp³-hybridized carbons (Fsp3) is 1.00. The number of methoxy groups -OCH3 is 2. The van der Waals surface area contributed by atoms with Gasteiger partial charge in [0.05, 0.1) is 12.7 Å². The minimum absolute atomic E-state index is 0.124. The predicted molar refractivity (Wildman–Crippen MR) is 37.0 cm³/mol. The van der Waals surface area contributed by atoms with Crippen LogP contribution in [-0.4, -0.2) is 39.6 Å². The molecule has 3 nitrogen and oxygen atoms in total. The van der Waals surface area contributed by atoms with Crippen LogP contribution < -0.4 is 0 Å². The number of ether oxygens (including phenoxy) is 3. The number of hydrogen-bond donors (Lipinski definition) is 0. The predicted octanol–water partition coefficient (Wildman–Crippen LogP) is 0.437.